The van der Waals surface area contributed by atoms with Gasteiger partial charge in [0.05, 0.1) is 6.61 Å². The standard InChI is InChI=1S/C6H13O3P/c1-2-3-4-9-5-6-10(7)8/h2-6H2,1H3/p+1. The highest BCUT2D eigenvalue weighted by molar-refractivity contribution is 7.38. The fourth-order valence-electron chi connectivity index (χ4n) is 0.491. The highest BCUT2D eigenvalue weighted by Gasteiger charge is 2.07. The van der Waals surface area contributed by atoms with E-state index in [0.717, 1.165) is 12.8 Å². The Labute approximate surface area is 62.3 Å². The first-order chi connectivity index (χ1) is 4.77. The van der Waals surface area contributed by atoms with Crippen molar-refractivity contribution in [3.8, 4) is 0 Å². The molecule has 0 saturated heterocycles. The lowest BCUT2D eigenvalue weighted by atomic mass is 10.4. The Morgan fingerprint density at radius 1 is 1.50 bits per heavy atom. The summed E-state index contributed by atoms with van der Waals surface area (Å²) in [6.45, 7) is 3.20. The maximum absolute atomic E-state index is 10.1. The molecule has 0 bridgehead atoms. The number of ether oxygens (including phenoxy) is 1. The van der Waals surface area contributed by atoms with Crippen LogP contribution in [0.1, 0.15) is 19.8 Å². The fraction of sp³-hybridized carbons (Fsp3) is 1.00. The molecule has 0 aromatic heterocycles. The molecule has 0 radical (unpaired) electrons. The molecule has 0 aromatic carbocycles. The lowest BCUT2D eigenvalue weighted by Crippen LogP contribution is -1.98. The molecule has 0 aliphatic rings. The van der Waals surface area contributed by atoms with Crippen molar-refractivity contribution in [2.24, 2.45) is 0 Å². The second-order valence-electron chi connectivity index (χ2n) is 2.04. The quantitative estimate of drug-likeness (QED) is 0.479. The molecular formula is C6H14O3P+. The summed E-state index contributed by atoms with van der Waals surface area (Å²) in [5, 5.41) is 0. The van der Waals surface area contributed by atoms with E-state index in [0.29, 0.717) is 13.2 Å². The molecule has 10 heavy (non-hydrogen) atoms. The van der Waals surface area contributed by atoms with Gasteiger partial charge < -0.3 is 4.74 Å². The van der Waals surface area contributed by atoms with Crippen molar-refractivity contribution in [2.75, 3.05) is 19.4 Å². The van der Waals surface area contributed by atoms with Gasteiger partial charge in [-0.1, -0.05) is 13.3 Å². The number of hydrogen-bond acceptors (Lipinski definition) is 2. The van der Waals surface area contributed by atoms with Crippen LogP contribution in [-0.4, -0.2) is 24.3 Å². The zero-order chi connectivity index (χ0) is 7.82. The topological polar surface area (TPSA) is 46.5 Å². The molecule has 0 rings (SSSR count). The van der Waals surface area contributed by atoms with Crippen molar-refractivity contribution in [3.05, 3.63) is 0 Å². The molecule has 0 aliphatic carbocycles. The Bertz CT molecular complexity index is 95.0. The van der Waals surface area contributed by atoms with Crippen molar-refractivity contribution < 1.29 is 14.2 Å². The normalized spacial score (nSPS) is 11.6. The van der Waals surface area contributed by atoms with Crippen molar-refractivity contribution in [1.82, 2.24) is 0 Å². The summed E-state index contributed by atoms with van der Waals surface area (Å²) in [6, 6.07) is 0. The highest BCUT2D eigenvalue weighted by Crippen LogP contribution is 2.10. The molecule has 0 heterocycles. The third-order valence-electron chi connectivity index (χ3n) is 1.07. The van der Waals surface area contributed by atoms with Crippen LogP contribution in [0.3, 0.4) is 0 Å². The summed E-state index contributed by atoms with van der Waals surface area (Å²) in [4.78, 5) is 8.34. The summed E-state index contributed by atoms with van der Waals surface area (Å²) >= 11 is 0. The predicted molar refractivity (Wildman–Crippen MR) is 40.4 cm³/mol. The van der Waals surface area contributed by atoms with Gasteiger partial charge in [0.1, 0.15) is 0 Å². The molecule has 0 aromatic rings. The molecule has 0 amide bonds. The van der Waals surface area contributed by atoms with Gasteiger partial charge in [-0.15, -0.1) is 0 Å². The monoisotopic (exact) mass is 165 g/mol. The van der Waals surface area contributed by atoms with Gasteiger partial charge in [0.25, 0.3) is 0 Å². The maximum Gasteiger partial charge on any atom is 0.507 e. The van der Waals surface area contributed by atoms with Gasteiger partial charge in [-0.05, 0) is 11.0 Å². The lowest BCUT2D eigenvalue weighted by molar-refractivity contribution is 0.145. The van der Waals surface area contributed by atoms with Gasteiger partial charge in [-0.2, -0.15) is 4.89 Å². The zero-order valence-corrected chi connectivity index (χ0v) is 7.14. The van der Waals surface area contributed by atoms with Crippen LogP contribution in [0.15, 0.2) is 0 Å². The molecule has 60 valence electrons. The number of hydrogen-bond donors (Lipinski definition) is 1. The van der Waals surface area contributed by atoms with E-state index in [4.69, 9.17) is 9.63 Å². The van der Waals surface area contributed by atoms with Gasteiger partial charge in [-0.3, -0.25) is 0 Å². The van der Waals surface area contributed by atoms with Crippen molar-refractivity contribution in [1.29, 1.82) is 0 Å². The average Bonchev–Trinajstić information content (AvgIpc) is 1.87. The van der Waals surface area contributed by atoms with Crippen LogP contribution in [0.2, 0.25) is 0 Å². The van der Waals surface area contributed by atoms with E-state index in [1.165, 1.54) is 0 Å². The van der Waals surface area contributed by atoms with E-state index in [9.17, 15) is 4.57 Å². The lowest BCUT2D eigenvalue weighted by Gasteiger charge is -1.95. The predicted octanol–water partition coefficient (Wildman–Crippen LogP) is 1.54. The van der Waals surface area contributed by atoms with E-state index < -0.39 is 8.03 Å². The zero-order valence-electron chi connectivity index (χ0n) is 6.25. The number of unbranched alkanes of at least 4 members (excludes halogenated alkanes) is 1. The summed E-state index contributed by atoms with van der Waals surface area (Å²) in [5.41, 5.74) is 0. The Morgan fingerprint density at radius 3 is 2.70 bits per heavy atom. The van der Waals surface area contributed by atoms with E-state index in [2.05, 4.69) is 6.92 Å². The SMILES string of the molecule is CCCCOCC[P+](=O)O. The van der Waals surface area contributed by atoms with Crippen LogP contribution in [0.4, 0.5) is 0 Å². The van der Waals surface area contributed by atoms with Crippen LogP contribution in [0, 0.1) is 0 Å². The summed E-state index contributed by atoms with van der Waals surface area (Å²) in [6.07, 6.45) is 2.40. The molecule has 0 fully saturated rings. The average molecular weight is 165 g/mol. The maximum atomic E-state index is 10.1. The van der Waals surface area contributed by atoms with E-state index in [1.807, 2.05) is 0 Å². The Morgan fingerprint density at radius 2 is 2.20 bits per heavy atom. The largest absolute Gasteiger partial charge is 0.507 e. The molecule has 1 unspecified atom stereocenters. The van der Waals surface area contributed by atoms with Crippen LogP contribution in [-0.2, 0) is 9.30 Å². The number of rotatable bonds is 6. The minimum Gasteiger partial charge on any atom is -0.377 e. The second kappa shape index (κ2) is 7.13. The molecule has 1 N–H and O–H groups in total. The van der Waals surface area contributed by atoms with E-state index >= 15 is 0 Å². The van der Waals surface area contributed by atoms with Gasteiger partial charge in [-0.25, -0.2) is 0 Å². The molecule has 0 spiro atoms. The second-order valence-corrected chi connectivity index (χ2v) is 3.19. The summed E-state index contributed by atoms with van der Waals surface area (Å²) in [5.74, 6) is 0. The Hall–Kier alpha value is 0.0200. The smallest absolute Gasteiger partial charge is 0.377 e. The van der Waals surface area contributed by atoms with Crippen LogP contribution in [0.5, 0.6) is 0 Å². The highest BCUT2D eigenvalue weighted by atomic mass is 31.1. The van der Waals surface area contributed by atoms with Crippen molar-refractivity contribution >= 4 is 8.03 Å². The summed E-state index contributed by atoms with van der Waals surface area (Å²) in [7, 11) is -2.00. The van der Waals surface area contributed by atoms with Crippen molar-refractivity contribution in [2.45, 2.75) is 19.8 Å². The van der Waals surface area contributed by atoms with Gasteiger partial charge >= 0.3 is 8.03 Å². The van der Waals surface area contributed by atoms with Crippen molar-refractivity contribution in [3.63, 3.8) is 0 Å². The van der Waals surface area contributed by atoms with Gasteiger partial charge in [0, 0.05) is 6.61 Å². The van der Waals surface area contributed by atoms with Crippen LogP contribution >= 0.6 is 8.03 Å². The van der Waals surface area contributed by atoms with Crippen LogP contribution < -0.4 is 0 Å². The molecule has 1 atom stereocenters. The fourth-order valence-corrected chi connectivity index (χ4v) is 0.776. The Balaban J connectivity index is 2.84. The first-order valence-electron chi connectivity index (χ1n) is 3.48. The molecule has 4 heteroatoms. The third kappa shape index (κ3) is 8.02. The van der Waals surface area contributed by atoms with E-state index in [1.54, 1.807) is 0 Å². The molecule has 0 saturated carbocycles. The minimum absolute atomic E-state index is 0.263. The molecule has 0 aliphatic heterocycles. The Kier molecular flexibility index (Phi) is 7.15. The molecular weight excluding hydrogens is 151 g/mol. The first-order valence-corrected chi connectivity index (χ1v) is 4.88. The molecule has 3 nitrogen and oxygen atoms in total. The third-order valence-corrected chi connectivity index (χ3v) is 1.63. The van der Waals surface area contributed by atoms with Crippen LogP contribution in [0.25, 0.3) is 0 Å². The van der Waals surface area contributed by atoms with E-state index in [-0.39, 0.29) is 6.16 Å². The van der Waals surface area contributed by atoms with Gasteiger partial charge in [0.2, 0.25) is 6.16 Å². The summed E-state index contributed by atoms with van der Waals surface area (Å²) < 4.78 is 15.1. The first kappa shape index (κ1) is 10.0. The minimum atomic E-state index is -2.00. The van der Waals surface area contributed by atoms with Gasteiger partial charge in [0.15, 0.2) is 0 Å².